The van der Waals surface area contributed by atoms with E-state index in [1.54, 1.807) is 7.11 Å². The molecule has 0 aliphatic heterocycles. The van der Waals surface area contributed by atoms with Gasteiger partial charge in [-0.15, -0.1) is 0 Å². The van der Waals surface area contributed by atoms with Gasteiger partial charge in [-0.05, 0) is 30.7 Å². The molecule has 0 aliphatic carbocycles. The molecule has 0 radical (unpaired) electrons. The quantitative estimate of drug-likeness (QED) is 0.776. The number of hydrogen-bond acceptors (Lipinski definition) is 2. The van der Waals surface area contributed by atoms with E-state index in [-0.39, 0.29) is 0 Å². The molecule has 14 heavy (non-hydrogen) atoms. The molecular formula is C12H19NO. The third kappa shape index (κ3) is 2.74. The van der Waals surface area contributed by atoms with Crippen LogP contribution in [0.2, 0.25) is 0 Å². The van der Waals surface area contributed by atoms with E-state index in [2.05, 4.69) is 31.3 Å². The topological polar surface area (TPSA) is 21.3 Å². The Morgan fingerprint density at radius 3 is 2.29 bits per heavy atom. The van der Waals surface area contributed by atoms with Gasteiger partial charge in [0.2, 0.25) is 0 Å². The summed E-state index contributed by atoms with van der Waals surface area (Å²) in [6.07, 6.45) is 1.11. The van der Waals surface area contributed by atoms with Crippen LogP contribution in [0.3, 0.4) is 0 Å². The third-order valence-corrected chi connectivity index (χ3v) is 2.38. The Morgan fingerprint density at radius 1 is 1.21 bits per heavy atom. The summed E-state index contributed by atoms with van der Waals surface area (Å²) in [7, 11) is 1.69. The molecule has 1 N–H and O–H groups in total. The lowest BCUT2D eigenvalue weighted by Crippen LogP contribution is -2.19. The molecule has 0 heterocycles. The predicted molar refractivity (Wildman–Crippen MR) is 59.7 cm³/mol. The molecule has 0 bridgehead atoms. The largest absolute Gasteiger partial charge is 0.497 e. The second kappa shape index (κ2) is 5.66. The molecule has 1 aromatic rings. The Bertz CT molecular complexity index is 256. The highest BCUT2D eigenvalue weighted by atomic mass is 16.5. The number of nitrogens with one attached hydrogen (secondary N) is 1. The van der Waals surface area contributed by atoms with Gasteiger partial charge >= 0.3 is 0 Å². The maximum Gasteiger partial charge on any atom is 0.118 e. The highest BCUT2D eigenvalue weighted by Crippen LogP contribution is 2.19. The molecular weight excluding hydrogens is 174 g/mol. The molecule has 0 spiro atoms. The van der Waals surface area contributed by atoms with Gasteiger partial charge in [-0.2, -0.15) is 0 Å². The van der Waals surface area contributed by atoms with Gasteiger partial charge < -0.3 is 10.1 Å². The number of rotatable bonds is 5. The highest BCUT2D eigenvalue weighted by molar-refractivity contribution is 5.29. The summed E-state index contributed by atoms with van der Waals surface area (Å²) in [4.78, 5) is 0. The van der Waals surface area contributed by atoms with Crippen LogP contribution in [0.1, 0.15) is 31.9 Å². The first kappa shape index (κ1) is 11.1. The van der Waals surface area contributed by atoms with Gasteiger partial charge in [-0.1, -0.05) is 26.0 Å². The van der Waals surface area contributed by atoms with E-state index in [0.717, 1.165) is 18.7 Å². The van der Waals surface area contributed by atoms with E-state index in [1.807, 2.05) is 12.1 Å². The van der Waals surface area contributed by atoms with Gasteiger partial charge in [0.1, 0.15) is 5.75 Å². The first-order valence-electron chi connectivity index (χ1n) is 5.19. The molecule has 78 valence electrons. The van der Waals surface area contributed by atoms with E-state index in [1.165, 1.54) is 5.56 Å². The second-order valence-electron chi connectivity index (χ2n) is 3.29. The van der Waals surface area contributed by atoms with Crippen molar-refractivity contribution in [3.05, 3.63) is 29.8 Å². The smallest absolute Gasteiger partial charge is 0.118 e. The molecule has 0 amide bonds. The monoisotopic (exact) mass is 193 g/mol. The minimum absolute atomic E-state index is 0.464. The van der Waals surface area contributed by atoms with Crippen LogP contribution in [0.15, 0.2) is 24.3 Å². The number of benzene rings is 1. The molecule has 0 aliphatic rings. The van der Waals surface area contributed by atoms with Crippen LogP contribution >= 0.6 is 0 Å². The molecule has 2 heteroatoms. The fourth-order valence-electron chi connectivity index (χ4n) is 1.58. The SMILES string of the molecule is CCNC(CC)c1ccc(OC)cc1. The van der Waals surface area contributed by atoms with Gasteiger partial charge in [0.15, 0.2) is 0 Å². The number of methoxy groups -OCH3 is 1. The van der Waals surface area contributed by atoms with Crippen molar-refractivity contribution in [3.8, 4) is 5.75 Å². The standard InChI is InChI=1S/C12H19NO/c1-4-12(13-5-2)10-6-8-11(14-3)9-7-10/h6-9,12-13H,4-5H2,1-3H3. The molecule has 1 rings (SSSR count). The summed E-state index contributed by atoms with van der Waals surface area (Å²) in [5.41, 5.74) is 1.33. The Kier molecular flexibility index (Phi) is 4.47. The number of hydrogen-bond donors (Lipinski definition) is 1. The van der Waals surface area contributed by atoms with E-state index >= 15 is 0 Å². The summed E-state index contributed by atoms with van der Waals surface area (Å²) < 4.78 is 5.12. The predicted octanol–water partition coefficient (Wildman–Crippen LogP) is 2.76. The average Bonchev–Trinajstić information content (AvgIpc) is 2.26. The first-order chi connectivity index (χ1) is 6.81. The lowest BCUT2D eigenvalue weighted by molar-refractivity contribution is 0.414. The average molecular weight is 193 g/mol. The van der Waals surface area contributed by atoms with Crippen LogP contribution in [-0.4, -0.2) is 13.7 Å². The van der Waals surface area contributed by atoms with Crippen LogP contribution < -0.4 is 10.1 Å². The maximum absolute atomic E-state index is 5.12. The van der Waals surface area contributed by atoms with Crippen molar-refractivity contribution >= 4 is 0 Å². The van der Waals surface area contributed by atoms with Gasteiger partial charge in [0.25, 0.3) is 0 Å². The minimum atomic E-state index is 0.464. The molecule has 1 aromatic carbocycles. The van der Waals surface area contributed by atoms with Gasteiger partial charge in [0.05, 0.1) is 7.11 Å². The van der Waals surface area contributed by atoms with Crippen molar-refractivity contribution in [1.29, 1.82) is 0 Å². The molecule has 0 saturated carbocycles. The Balaban J connectivity index is 2.73. The zero-order chi connectivity index (χ0) is 10.4. The fourth-order valence-corrected chi connectivity index (χ4v) is 1.58. The summed E-state index contributed by atoms with van der Waals surface area (Å²) in [6.45, 7) is 5.33. The Labute approximate surface area is 86.3 Å². The number of ether oxygens (including phenoxy) is 1. The van der Waals surface area contributed by atoms with E-state index in [4.69, 9.17) is 4.74 Å². The Morgan fingerprint density at radius 2 is 1.86 bits per heavy atom. The zero-order valence-electron chi connectivity index (χ0n) is 9.21. The van der Waals surface area contributed by atoms with Crippen LogP contribution in [0.4, 0.5) is 0 Å². The summed E-state index contributed by atoms with van der Waals surface area (Å²) in [5.74, 6) is 0.917. The molecule has 1 unspecified atom stereocenters. The normalized spacial score (nSPS) is 12.5. The van der Waals surface area contributed by atoms with Crippen molar-refractivity contribution in [2.45, 2.75) is 26.3 Å². The summed E-state index contributed by atoms with van der Waals surface area (Å²) >= 11 is 0. The van der Waals surface area contributed by atoms with E-state index in [0.29, 0.717) is 6.04 Å². The molecule has 2 nitrogen and oxygen atoms in total. The maximum atomic E-state index is 5.12. The van der Waals surface area contributed by atoms with E-state index in [9.17, 15) is 0 Å². The van der Waals surface area contributed by atoms with Gasteiger partial charge in [0, 0.05) is 6.04 Å². The van der Waals surface area contributed by atoms with Crippen LogP contribution in [0.5, 0.6) is 5.75 Å². The zero-order valence-corrected chi connectivity index (χ0v) is 9.21. The van der Waals surface area contributed by atoms with Crippen molar-refractivity contribution in [2.75, 3.05) is 13.7 Å². The van der Waals surface area contributed by atoms with Crippen molar-refractivity contribution in [2.24, 2.45) is 0 Å². The van der Waals surface area contributed by atoms with Crippen LogP contribution in [0.25, 0.3) is 0 Å². The first-order valence-corrected chi connectivity index (χ1v) is 5.19. The minimum Gasteiger partial charge on any atom is -0.497 e. The van der Waals surface area contributed by atoms with Crippen LogP contribution in [0, 0.1) is 0 Å². The van der Waals surface area contributed by atoms with Crippen molar-refractivity contribution in [3.63, 3.8) is 0 Å². The summed E-state index contributed by atoms with van der Waals surface area (Å²) in [6, 6.07) is 8.72. The molecule has 0 aromatic heterocycles. The second-order valence-corrected chi connectivity index (χ2v) is 3.29. The van der Waals surface area contributed by atoms with Gasteiger partial charge in [-0.3, -0.25) is 0 Å². The molecule has 0 fully saturated rings. The van der Waals surface area contributed by atoms with Crippen molar-refractivity contribution < 1.29 is 4.74 Å². The van der Waals surface area contributed by atoms with Gasteiger partial charge in [-0.25, -0.2) is 0 Å². The lowest BCUT2D eigenvalue weighted by atomic mass is 10.0. The summed E-state index contributed by atoms with van der Waals surface area (Å²) in [5, 5.41) is 3.45. The molecule has 0 saturated heterocycles. The van der Waals surface area contributed by atoms with E-state index < -0.39 is 0 Å². The lowest BCUT2D eigenvalue weighted by Gasteiger charge is -2.16. The van der Waals surface area contributed by atoms with Crippen LogP contribution in [-0.2, 0) is 0 Å². The molecule has 1 atom stereocenters. The third-order valence-electron chi connectivity index (χ3n) is 2.38. The fraction of sp³-hybridized carbons (Fsp3) is 0.500. The Hall–Kier alpha value is -1.02. The van der Waals surface area contributed by atoms with Crippen molar-refractivity contribution in [1.82, 2.24) is 5.32 Å². The highest BCUT2D eigenvalue weighted by Gasteiger charge is 2.06.